The van der Waals surface area contributed by atoms with Gasteiger partial charge in [0.05, 0.1) is 25.4 Å². The average Bonchev–Trinajstić information content (AvgIpc) is 2.92. The fraction of sp³-hybridized carbons (Fsp3) is 0.462. The standard InChI is InChI=1S/C13H17Cl2N3S2/c1-13(2,3)9-6-19-11(17-9)5-8(18-16)7-4-10(14)20-12(7)15/h4,6,8,18H,5,16H2,1-3H3. The maximum Gasteiger partial charge on any atom is 0.0992 e. The molecule has 1 unspecified atom stereocenters. The molecule has 0 saturated heterocycles. The third-order valence-corrected chi connectivity index (χ3v) is 5.35. The van der Waals surface area contributed by atoms with E-state index in [1.807, 2.05) is 6.07 Å². The molecule has 0 aliphatic rings. The molecule has 2 aromatic heterocycles. The fourth-order valence-electron chi connectivity index (χ4n) is 1.77. The zero-order valence-corrected chi connectivity index (χ0v) is 14.7. The van der Waals surface area contributed by atoms with Crippen molar-refractivity contribution in [2.24, 2.45) is 5.84 Å². The van der Waals surface area contributed by atoms with Gasteiger partial charge in [0.25, 0.3) is 0 Å². The summed E-state index contributed by atoms with van der Waals surface area (Å²) in [6, 6.07) is 1.78. The highest BCUT2D eigenvalue weighted by molar-refractivity contribution is 7.20. The highest BCUT2D eigenvalue weighted by atomic mass is 35.5. The number of nitrogens with zero attached hydrogens (tertiary/aromatic N) is 1. The van der Waals surface area contributed by atoms with Crippen LogP contribution in [0, 0.1) is 0 Å². The van der Waals surface area contributed by atoms with Gasteiger partial charge in [-0.25, -0.2) is 4.98 Å². The van der Waals surface area contributed by atoms with Crippen molar-refractivity contribution in [1.82, 2.24) is 10.4 Å². The van der Waals surface area contributed by atoms with Gasteiger partial charge in [-0.1, -0.05) is 44.0 Å². The SMILES string of the molecule is CC(C)(C)c1csc(CC(NN)c2cc(Cl)sc2Cl)n1. The van der Waals surface area contributed by atoms with E-state index in [2.05, 4.69) is 36.6 Å². The molecule has 3 N–H and O–H groups in total. The maximum absolute atomic E-state index is 6.18. The van der Waals surface area contributed by atoms with Crippen LogP contribution in [0.2, 0.25) is 8.67 Å². The van der Waals surface area contributed by atoms with E-state index in [-0.39, 0.29) is 11.5 Å². The fourth-order valence-corrected chi connectivity index (χ4v) is 4.42. The first-order chi connectivity index (χ1) is 9.31. The molecule has 0 bridgehead atoms. The maximum atomic E-state index is 6.18. The molecule has 110 valence electrons. The number of halogens is 2. The Kier molecular flexibility index (Phi) is 5.10. The Balaban J connectivity index is 2.19. The first-order valence-corrected chi connectivity index (χ1v) is 8.62. The molecule has 3 nitrogen and oxygen atoms in total. The summed E-state index contributed by atoms with van der Waals surface area (Å²) >= 11 is 15.2. The van der Waals surface area contributed by atoms with Crippen molar-refractivity contribution in [3.05, 3.63) is 36.4 Å². The van der Waals surface area contributed by atoms with Crippen LogP contribution in [0.4, 0.5) is 0 Å². The molecule has 0 aromatic carbocycles. The highest BCUT2D eigenvalue weighted by Crippen LogP contribution is 2.36. The molecule has 0 spiro atoms. The van der Waals surface area contributed by atoms with Crippen LogP contribution in [0.1, 0.15) is 43.1 Å². The smallest absolute Gasteiger partial charge is 0.0992 e. The number of nitrogens with two attached hydrogens (primary N) is 1. The van der Waals surface area contributed by atoms with Gasteiger partial charge in [0.15, 0.2) is 0 Å². The molecular formula is C13H17Cl2N3S2. The zero-order valence-electron chi connectivity index (χ0n) is 11.5. The van der Waals surface area contributed by atoms with E-state index in [4.69, 9.17) is 29.0 Å². The lowest BCUT2D eigenvalue weighted by molar-refractivity contribution is 0.542. The Bertz CT molecular complexity index is 587. The van der Waals surface area contributed by atoms with E-state index in [0.717, 1.165) is 16.3 Å². The van der Waals surface area contributed by atoms with E-state index >= 15 is 0 Å². The molecular weight excluding hydrogens is 333 g/mol. The molecule has 1 atom stereocenters. The van der Waals surface area contributed by atoms with Gasteiger partial charge in [-0.3, -0.25) is 11.3 Å². The number of hydrogen-bond donors (Lipinski definition) is 2. The zero-order chi connectivity index (χ0) is 14.9. The average molecular weight is 350 g/mol. The monoisotopic (exact) mass is 349 g/mol. The first-order valence-electron chi connectivity index (χ1n) is 6.17. The van der Waals surface area contributed by atoms with Gasteiger partial charge in [0.1, 0.15) is 0 Å². The van der Waals surface area contributed by atoms with Crippen LogP contribution < -0.4 is 11.3 Å². The largest absolute Gasteiger partial charge is 0.271 e. The molecule has 7 heteroatoms. The minimum absolute atomic E-state index is 0.0593. The van der Waals surface area contributed by atoms with Gasteiger partial charge >= 0.3 is 0 Å². The molecule has 2 aromatic rings. The summed E-state index contributed by atoms with van der Waals surface area (Å²) in [6.07, 6.45) is 0.698. The first kappa shape index (κ1) is 16.2. The summed E-state index contributed by atoms with van der Waals surface area (Å²) in [5.41, 5.74) is 4.89. The van der Waals surface area contributed by atoms with E-state index in [0.29, 0.717) is 15.1 Å². The molecule has 20 heavy (non-hydrogen) atoms. The van der Waals surface area contributed by atoms with Crippen molar-refractivity contribution < 1.29 is 0 Å². The number of nitrogens with one attached hydrogen (secondary N) is 1. The second kappa shape index (κ2) is 6.30. The predicted octanol–water partition coefficient (Wildman–Crippen LogP) is 4.56. The van der Waals surface area contributed by atoms with E-state index in [1.54, 1.807) is 11.3 Å². The van der Waals surface area contributed by atoms with Crippen molar-refractivity contribution in [2.75, 3.05) is 0 Å². The molecule has 2 heterocycles. The van der Waals surface area contributed by atoms with Gasteiger partial charge in [-0.15, -0.1) is 22.7 Å². The predicted molar refractivity (Wildman–Crippen MR) is 88.9 cm³/mol. The van der Waals surface area contributed by atoms with Crippen LogP contribution in [0.5, 0.6) is 0 Å². The lowest BCUT2D eigenvalue weighted by atomic mass is 9.93. The summed E-state index contributed by atoms with van der Waals surface area (Å²) in [5, 5.41) is 3.14. The normalized spacial score (nSPS) is 13.7. The summed E-state index contributed by atoms with van der Waals surface area (Å²) in [5.74, 6) is 5.65. The highest BCUT2D eigenvalue weighted by Gasteiger charge is 2.21. The van der Waals surface area contributed by atoms with Gasteiger partial charge in [-0.2, -0.15) is 0 Å². The van der Waals surface area contributed by atoms with E-state index in [1.165, 1.54) is 11.3 Å². The Morgan fingerprint density at radius 3 is 2.55 bits per heavy atom. The Labute approximate surface area is 137 Å². The minimum atomic E-state index is -0.0785. The molecule has 0 saturated carbocycles. The molecule has 0 aliphatic heterocycles. The van der Waals surface area contributed by atoms with Crippen molar-refractivity contribution in [2.45, 2.75) is 38.6 Å². The lowest BCUT2D eigenvalue weighted by Crippen LogP contribution is -2.29. The van der Waals surface area contributed by atoms with Crippen molar-refractivity contribution in [3.8, 4) is 0 Å². The Hall–Kier alpha value is -0.170. The molecule has 0 radical (unpaired) electrons. The van der Waals surface area contributed by atoms with Crippen LogP contribution in [-0.2, 0) is 11.8 Å². The summed E-state index contributed by atoms with van der Waals surface area (Å²) in [6.45, 7) is 6.46. The number of hydrogen-bond acceptors (Lipinski definition) is 5. The number of rotatable bonds is 4. The second-order valence-corrected chi connectivity index (χ2v) is 8.81. The Morgan fingerprint density at radius 2 is 2.10 bits per heavy atom. The number of hydrazine groups is 1. The van der Waals surface area contributed by atoms with Crippen LogP contribution in [0.25, 0.3) is 0 Å². The molecule has 0 aliphatic carbocycles. The minimum Gasteiger partial charge on any atom is -0.271 e. The summed E-state index contributed by atoms with van der Waals surface area (Å²) < 4.78 is 1.34. The van der Waals surface area contributed by atoms with Crippen LogP contribution in [0.3, 0.4) is 0 Å². The summed E-state index contributed by atoms with van der Waals surface area (Å²) in [7, 11) is 0. The van der Waals surface area contributed by atoms with E-state index in [9.17, 15) is 0 Å². The Morgan fingerprint density at radius 1 is 1.40 bits per heavy atom. The van der Waals surface area contributed by atoms with Gasteiger partial charge < -0.3 is 0 Å². The summed E-state index contributed by atoms with van der Waals surface area (Å²) in [4.78, 5) is 4.68. The second-order valence-electron chi connectivity index (χ2n) is 5.58. The van der Waals surface area contributed by atoms with Crippen molar-refractivity contribution >= 4 is 45.9 Å². The molecule has 0 fully saturated rings. The van der Waals surface area contributed by atoms with Crippen molar-refractivity contribution in [3.63, 3.8) is 0 Å². The van der Waals surface area contributed by atoms with Crippen LogP contribution in [0.15, 0.2) is 11.4 Å². The molecule has 2 rings (SSSR count). The number of aromatic nitrogens is 1. The van der Waals surface area contributed by atoms with Crippen LogP contribution in [-0.4, -0.2) is 4.98 Å². The third-order valence-electron chi connectivity index (χ3n) is 2.96. The number of thiazole rings is 1. The van der Waals surface area contributed by atoms with Gasteiger partial charge in [-0.05, 0) is 6.07 Å². The van der Waals surface area contributed by atoms with Crippen LogP contribution >= 0.6 is 45.9 Å². The quantitative estimate of drug-likeness (QED) is 0.628. The third kappa shape index (κ3) is 3.72. The molecule has 0 amide bonds. The number of thiophene rings is 1. The van der Waals surface area contributed by atoms with Gasteiger partial charge in [0.2, 0.25) is 0 Å². The van der Waals surface area contributed by atoms with E-state index < -0.39 is 0 Å². The van der Waals surface area contributed by atoms with Gasteiger partial charge in [0, 0.05) is 22.8 Å². The lowest BCUT2D eigenvalue weighted by Gasteiger charge is -2.15. The van der Waals surface area contributed by atoms with Crippen molar-refractivity contribution in [1.29, 1.82) is 0 Å². The topological polar surface area (TPSA) is 50.9 Å².